The van der Waals surface area contributed by atoms with Gasteiger partial charge in [-0.15, -0.1) is 11.8 Å². The molecule has 1 saturated heterocycles. The molecule has 130 valence electrons. The molecule has 1 fully saturated rings. The monoisotopic (exact) mass is 374 g/mol. The third-order valence-electron chi connectivity index (χ3n) is 3.96. The van der Waals surface area contributed by atoms with Crippen LogP contribution in [0.25, 0.3) is 0 Å². The van der Waals surface area contributed by atoms with E-state index in [-0.39, 0.29) is 17.6 Å². The van der Waals surface area contributed by atoms with Crippen LogP contribution in [0.2, 0.25) is 5.02 Å². The number of thioether (sulfide) groups is 1. The lowest BCUT2D eigenvalue weighted by Crippen LogP contribution is -2.35. The van der Waals surface area contributed by atoms with Crippen LogP contribution in [0.5, 0.6) is 0 Å². The largest absolute Gasteiger partial charge is 0.325 e. The van der Waals surface area contributed by atoms with Gasteiger partial charge in [-0.05, 0) is 43.2 Å². The highest BCUT2D eigenvalue weighted by atomic mass is 35.5. The van der Waals surface area contributed by atoms with Crippen LogP contribution in [0.4, 0.5) is 11.4 Å². The summed E-state index contributed by atoms with van der Waals surface area (Å²) in [7, 11) is 0. The zero-order chi connectivity index (χ0) is 17.6. The molecule has 0 spiro atoms. The zero-order valence-electron chi connectivity index (χ0n) is 13.7. The second-order valence-corrected chi connectivity index (χ2v) is 7.24. The van der Waals surface area contributed by atoms with Crippen molar-refractivity contribution < 1.29 is 9.59 Å². The Kier molecular flexibility index (Phi) is 6.00. The summed E-state index contributed by atoms with van der Waals surface area (Å²) < 4.78 is 0. The first-order chi connectivity index (χ1) is 12.1. The van der Waals surface area contributed by atoms with E-state index in [0.29, 0.717) is 17.1 Å². The number of hydrogen-bond acceptors (Lipinski definition) is 3. The minimum absolute atomic E-state index is 0.105. The number of carbonyl (C=O) groups is 2. The summed E-state index contributed by atoms with van der Waals surface area (Å²) in [5, 5.41) is 3.53. The first-order valence-electron chi connectivity index (χ1n) is 8.21. The lowest BCUT2D eigenvalue weighted by atomic mass is 10.1. The molecule has 0 aromatic heterocycles. The molecular weight excluding hydrogens is 356 g/mol. The Morgan fingerprint density at radius 1 is 1.16 bits per heavy atom. The van der Waals surface area contributed by atoms with E-state index < -0.39 is 0 Å². The molecule has 0 saturated carbocycles. The predicted octanol–water partition coefficient (Wildman–Crippen LogP) is 4.59. The highest BCUT2D eigenvalue weighted by molar-refractivity contribution is 8.00. The number of nitrogens with zero attached hydrogens (tertiary/aromatic N) is 1. The minimum Gasteiger partial charge on any atom is -0.325 e. The van der Waals surface area contributed by atoms with E-state index in [0.717, 1.165) is 30.0 Å². The summed E-state index contributed by atoms with van der Waals surface area (Å²) in [6, 6.07) is 14.9. The Labute approximate surface area is 156 Å². The molecule has 1 heterocycles. The van der Waals surface area contributed by atoms with E-state index in [2.05, 4.69) is 5.32 Å². The zero-order valence-corrected chi connectivity index (χ0v) is 15.3. The van der Waals surface area contributed by atoms with Crippen LogP contribution in [0, 0.1) is 0 Å². The van der Waals surface area contributed by atoms with Crippen LogP contribution in [-0.2, 0) is 9.59 Å². The van der Waals surface area contributed by atoms with Crippen molar-refractivity contribution in [1.82, 2.24) is 0 Å². The number of piperidine rings is 1. The van der Waals surface area contributed by atoms with Gasteiger partial charge in [-0.3, -0.25) is 9.59 Å². The van der Waals surface area contributed by atoms with Gasteiger partial charge in [0.25, 0.3) is 0 Å². The lowest BCUT2D eigenvalue weighted by Gasteiger charge is -2.27. The van der Waals surface area contributed by atoms with Gasteiger partial charge in [-0.25, -0.2) is 0 Å². The number of anilines is 2. The Hall–Kier alpha value is -1.98. The van der Waals surface area contributed by atoms with Gasteiger partial charge in [0.1, 0.15) is 0 Å². The summed E-state index contributed by atoms with van der Waals surface area (Å²) in [5.41, 5.74) is 1.53. The fourth-order valence-corrected chi connectivity index (χ4v) is 3.77. The fraction of sp³-hybridized carbons (Fsp3) is 0.263. The predicted molar refractivity (Wildman–Crippen MR) is 103 cm³/mol. The Bertz CT molecular complexity index is 782. The molecule has 1 N–H and O–H groups in total. The molecule has 1 aliphatic rings. The molecule has 1 aliphatic heterocycles. The van der Waals surface area contributed by atoms with E-state index in [1.54, 1.807) is 11.0 Å². The van der Waals surface area contributed by atoms with Gasteiger partial charge in [0.15, 0.2) is 0 Å². The highest BCUT2D eigenvalue weighted by Gasteiger charge is 2.19. The first kappa shape index (κ1) is 17.8. The summed E-state index contributed by atoms with van der Waals surface area (Å²) in [4.78, 5) is 26.9. The molecule has 2 aromatic rings. The number of halogens is 1. The number of benzene rings is 2. The van der Waals surface area contributed by atoms with E-state index in [1.807, 2.05) is 42.5 Å². The summed E-state index contributed by atoms with van der Waals surface area (Å²) in [5.74, 6) is 0.312. The molecule has 2 amide bonds. The second kappa shape index (κ2) is 8.41. The van der Waals surface area contributed by atoms with Crippen molar-refractivity contribution in [3.8, 4) is 0 Å². The van der Waals surface area contributed by atoms with Gasteiger partial charge in [0.05, 0.1) is 10.8 Å². The average Bonchev–Trinajstić information content (AvgIpc) is 2.62. The average molecular weight is 375 g/mol. The third kappa shape index (κ3) is 4.77. The summed E-state index contributed by atoms with van der Waals surface area (Å²) in [6.07, 6.45) is 2.55. The second-order valence-electron chi connectivity index (χ2n) is 5.82. The maximum absolute atomic E-state index is 12.2. The van der Waals surface area contributed by atoms with Gasteiger partial charge in [0, 0.05) is 29.2 Å². The minimum atomic E-state index is -0.105. The summed E-state index contributed by atoms with van der Waals surface area (Å²) in [6.45, 7) is 0.735. The molecule has 3 rings (SSSR count). The SMILES string of the molecule is O=C(CSc1ccccc1Cl)Nc1cccc(N2CCCCC2=O)c1. The first-order valence-corrected chi connectivity index (χ1v) is 9.57. The van der Waals surface area contributed by atoms with Gasteiger partial charge in [-0.1, -0.05) is 29.8 Å². The van der Waals surface area contributed by atoms with Crippen LogP contribution < -0.4 is 10.2 Å². The highest BCUT2D eigenvalue weighted by Crippen LogP contribution is 2.27. The van der Waals surface area contributed by atoms with Crippen molar-refractivity contribution in [1.29, 1.82) is 0 Å². The maximum atomic E-state index is 12.2. The Balaban J connectivity index is 1.61. The molecule has 25 heavy (non-hydrogen) atoms. The molecule has 6 heteroatoms. The maximum Gasteiger partial charge on any atom is 0.234 e. The van der Waals surface area contributed by atoms with Crippen molar-refractivity contribution in [3.05, 3.63) is 53.6 Å². The van der Waals surface area contributed by atoms with E-state index >= 15 is 0 Å². The number of carbonyl (C=O) groups excluding carboxylic acids is 2. The molecule has 0 bridgehead atoms. The Morgan fingerprint density at radius 3 is 2.80 bits per heavy atom. The third-order valence-corrected chi connectivity index (χ3v) is 5.48. The van der Waals surface area contributed by atoms with Crippen molar-refractivity contribution >= 4 is 46.6 Å². The smallest absolute Gasteiger partial charge is 0.234 e. The molecular formula is C19H19ClN2O2S. The normalized spacial score (nSPS) is 14.4. The van der Waals surface area contributed by atoms with Crippen molar-refractivity contribution in [3.63, 3.8) is 0 Å². The molecule has 4 nitrogen and oxygen atoms in total. The topological polar surface area (TPSA) is 49.4 Å². The van der Waals surface area contributed by atoms with Crippen LogP contribution in [0.1, 0.15) is 19.3 Å². The van der Waals surface area contributed by atoms with Crippen molar-refractivity contribution in [2.24, 2.45) is 0 Å². The van der Waals surface area contributed by atoms with Crippen molar-refractivity contribution in [2.45, 2.75) is 24.2 Å². The quantitative estimate of drug-likeness (QED) is 0.779. The molecule has 0 radical (unpaired) electrons. The molecule has 0 atom stereocenters. The number of hydrogen-bond donors (Lipinski definition) is 1. The molecule has 0 aliphatic carbocycles. The van der Waals surface area contributed by atoms with Gasteiger partial charge < -0.3 is 10.2 Å². The summed E-state index contributed by atoms with van der Waals surface area (Å²) >= 11 is 7.50. The molecule has 2 aromatic carbocycles. The van der Waals surface area contributed by atoms with E-state index in [4.69, 9.17) is 11.6 Å². The fourth-order valence-electron chi connectivity index (χ4n) is 2.73. The van der Waals surface area contributed by atoms with E-state index in [1.165, 1.54) is 11.8 Å². The van der Waals surface area contributed by atoms with Crippen molar-refractivity contribution in [2.75, 3.05) is 22.5 Å². The number of rotatable bonds is 5. The van der Waals surface area contributed by atoms with Crippen LogP contribution in [-0.4, -0.2) is 24.1 Å². The van der Waals surface area contributed by atoms with Crippen LogP contribution >= 0.6 is 23.4 Å². The number of amides is 2. The standard InChI is InChI=1S/C19H19ClN2O2S/c20-16-8-1-2-9-17(16)25-13-18(23)21-14-6-5-7-15(12-14)22-11-4-3-10-19(22)24/h1-2,5-9,12H,3-4,10-11,13H2,(H,21,23). The van der Waals surface area contributed by atoms with Crippen LogP contribution in [0.15, 0.2) is 53.4 Å². The molecule has 0 unspecified atom stereocenters. The van der Waals surface area contributed by atoms with Gasteiger partial charge in [-0.2, -0.15) is 0 Å². The Morgan fingerprint density at radius 2 is 2.00 bits per heavy atom. The van der Waals surface area contributed by atoms with Gasteiger partial charge in [0.2, 0.25) is 11.8 Å². The van der Waals surface area contributed by atoms with Crippen LogP contribution in [0.3, 0.4) is 0 Å². The van der Waals surface area contributed by atoms with Gasteiger partial charge >= 0.3 is 0 Å². The number of nitrogens with one attached hydrogen (secondary N) is 1. The lowest BCUT2D eigenvalue weighted by molar-refractivity contribution is -0.119. The van der Waals surface area contributed by atoms with E-state index in [9.17, 15) is 9.59 Å².